The second-order valence-corrected chi connectivity index (χ2v) is 7.87. The van der Waals surface area contributed by atoms with Crippen LogP contribution in [0.4, 0.5) is 19.0 Å². The highest BCUT2D eigenvalue weighted by atomic mass is 35.5. The maximum Gasteiger partial charge on any atom is 0.475 e. The number of halogens is 4. The quantitative estimate of drug-likeness (QED) is 0.652. The fourth-order valence-corrected chi connectivity index (χ4v) is 4.04. The predicted octanol–water partition coefficient (Wildman–Crippen LogP) is 5.15. The summed E-state index contributed by atoms with van der Waals surface area (Å²) in [5, 5.41) is 6.18. The minimum absolute atomic E-state index is 0.248. The van der Waals surface area contributed by atoms with E-state index >= 15 is 0 Å². The molecule has 0 fully saturated rings. The van der Waals surface area contributed by atoms with Crippen LogP contribution in [0, 0.1) is 0 Å². The molecule has 0 aliphatic heterocycles. The highest BCUT2D eigenvalue weighted by molar-refractivity contribution is 7.86. The number of rotatable bonds is 4. The minimum Gasteiger partial charge on any atom is -0.363 e. The maximum atomic E-state index is 12.5. The van der Waals surface area contributed by atoms with Gasteiger partial charge in [0.1, 0.15) is 17.0 Å². The van der Waals surface area contributed by atoms with E-state index in [1.54, 1.807) is 5.38 Å². The van der Waals surface area contributed by atoms with Gasteiger partial charge in [0.15, 0.2) is 10.8 Å². The third kappa shape index (κ3) is 3.78. The van der Waals surface area contributed by atoms with E-state index < -0.39 is 16.3 Å². The molecular weight excluding hydrogens is 395 g/mol. The van der Waals surface area contributed by atoms with Gasteiger partial charge in [-0.1, -0.05) is 23.7 Å². The van der Waals surface area contributed by atoms with E-state index in [-0.39, 0.29) is 10.9 Å². The number of nitrogens with zero attached hydrogens (tertiary/aromatic N) is 2. The molecule has 1 aromatic carbocycles. The largest absolute Gasteiger partial charge is 0.475 e. The molecule has 2 atom stereocenters. The number of fused-ring (bicyclic) bond motifs is 1. The summed E-state index contributed by atoms with van der Waals surface area (Å²) < 4.78 is 48.8. The van der Waals surface area contributed by atoms with Crippen molar-refractivity contribution in [3.63, 3.8) is 0 Å². The lowest BCUT2D eigenvalue weighted by molar-refractivity contribution is -0.0384. The van der Waals surface area contributed by atoms with Gasteiger partial charge in [0.25, 0.3) is 0 Å². The van der Waals surface area contributed by atoms with E-state index in [0.29, 0.717) is 16.2 Å². The lowest BCUT2D eigenvalue weighted by atomic mass is 10.1. The molecule has 0 aliphatic rings. The molecule has 4 nitrogen and oxygen atoms in total. The molecule has 0 radical (unpaired) electrons. The summed E-state index contributed by atoms with van der Waals surface area (Å²) in [6.45, 7) is 1.84. The molecule has 3 aromatic rings. The number of nitrogens with one attached hydrogen (secondary N) is 1. The summed E-state index contributed by atoms with van der Waals surface area (Å²) in [6.07, 6.45) is 1.42. The second kappa shape index (κ2) is 6.89. The smallest absolute Gasteiger partial charge is 0.363 e. The molecule has 0 spiro atoms. The lowest BCUT2D eigenvalue weighted by Gasteiger charge is -2.16. The first-order chi connectivity index (χ1) is 11.8. The Morgan fingerprint density at radius 2 is 1.92 bits per heavy atom. The van der Waals surface area contributed by atoms with E-state index in [0.717, 1.165) is 10.4 Å². The average molecular weight is 406 g/mol. The number of hydrogen-bond donors (Lipinski definition) is 1. The Labute approximate surface area is 152 Å². The first kappa shape index (κ1) is 18.1. The third-order valence-electron chi connectivity index (χ3n) is 3.48. The van der Waals surface area contributed by atoms with Crippen LogP contribution in [0.15, 0.2) is 40.9 Å². The van der Waals surface area contributed by atoms with Gasteiger partial charge in [0, 0.05) is 16.3 Å². The van der Waals surface area contributed by atoms with Gasteiger partial charge in [-0.2, -0.15) is 13.2 Å². The zero-order valence-electron chi connectivity index (χ0n) is 12.7. The topological polar surface area (TPSA) is 54.9 Å². The molecule has 0 bridgehead atoms. The Morgan fingerprint density at radius 3 is 2.56 bits per heavy atom. The highest BCUT2D eigenvalue weighted by Crippen LogP contribution is 2.34. The van der Waals surface area contributed by atoms with E-state index in [4.69, 9.17) is 11.6 Å². The van der Waals surface area contributed by atoms with E-state index in [2.05, 4.69) is 15.3 Å². The van der Waals surface area contributed by atoms with Crippen LogP contribution in [0.25, 0.3) is 10.2 Å². The molecule has 1 N–H and O–H groups in total. The van der Waals surface area contributed by atoms with Crippen LogP contribution in [0.5, 0.6) is 0 Å². The number of aromatic nitrogens is 2. The molecule has 3 rings (SSSR count). The Balaban J connectivity index is 1.83. The fraction of sp³-hybridized carbons (Fsp3) is 0.200. The molecule has 2 unspecified atom stereocenters. The van der Waals surface area contributed by atoms with Crippen molar-refractivity contribution in [1.82, 2.24) is 9.97 Å². The molecule has 25 heavy (non-hydrogen) atoms. The van der Waals surface area contributed by atoms with Crippen molar-refractivity contribution < 1.29 is 17.4 Å². The molecule has 0 saturated carbocycles. The van der Waals surface area contributed by atoms with Crippen molar-refractivity contribution in [2.75, 3.05) is 5.32 Å². The van der Waals surface area contributed by atoms with Gasteiger partial charge in [-0.05, 0) is 24.6 Å². The summed E-state index contributed by atoms with van der Waals surface area (Å²) in [4.78, 5) is 8.78. The number of thiophene rings is 1. The van der Waals surface area contributed by atoms with Gasteiger partial charge in [-0.3, -0.25) is 0 Å². The summed E-state index contributed by atoms with van der Waals surface area (Å²) >= 11 is 7.55. The first-order valence-corrected chi connectivity index (χ1v) is 9.41. The van der Waals surface area contributed by atoms with Crippen molar-refractivity contribution >= 4 is 49.8 Å². The number of anilines is 1. The molecular formula is C15H11ClF3N3OS2. The van der Waals surface area contributed by atoms with E-state index in [1.807, 2.05) is 6.92 Å². The summed E-state index contributed by atoms with van der Waals surface area (Å²) in [6, 6.07) is 5.19. The normalized spacial score (nSPS) is 14.4. The van der Waals surface area contributed by atoms with Crippen LogP contribution in [0.1, 0.15) is 18.5 Å². The van der Waals surface area contributed by atoms with E-state index in [9.17, 15) is 17.4 Å². The summed E-state index contributed by atoms with van der Waals surface area (Å²) in [5.74, 6) is 0.548. The Morgan fingerprint density at radius 1 is 1.24 bits per heavy atom. The minimum atomic E-state index is -4.77. The van der Waals surface area contributed by atoms with Gasteiger partial charge in [0.2, 0.25) is 0 Å². The third-order valence-corrected chi connectivity index (χ3v) is 5.92. The van der Waals surface area contributed by atoms with Crippen LogP contribution in [-0.2, 0) is 10.8 Å². The SMILES string of the molecule is CC(Nc1ncnc2scc(Cl)c12)c1ccc(S(=O)C(F)(F)F)cc1. The van der Waals surface area contributed by atoms with Gasteiger partial charge in [-0.25, -0.2) is 14.2 Å². The monoisotopic (exact) mass is 405 g/mol. The lowest BCUT2D eigenvalue weighted by Crippen LogP contribution is -2.16. The molecule has 2 aromatic heterocycles. The Kier molecular flexibility index (Phi) is 4.99. The fourth-order valence-electron chi connectivity index (χ4n) is 2.25. The second-order valence-electron chi connectivity index (χ2n) is 5.14. The number of hydrogen-bond acceptors (Lipinski definition) is 5. The van der Waals surface area contributed by atoms with Crippen molar-refractivity contribution in [2.24, 2.45) is 0 Å². The van der Waals surface area contributed by atoms with Gasteiger partial charge in [-0.15, -0.1) is 11.3 Å². The van der Waals surface area contributed by atoms with Crippen LogP contribution >= 0.6 is 22.9 Å². The van der Waals surface area contributed by atoms with Gasteiger partial charge < -0.3 is 5.32 Å². The van der Waals surface area contributed by atoms with Crippen molar-refractivity contribution in [1.29, 1.82) is 0 Å². The molecule has 0 saturated heterocycles. The zero-order valence-corrected chi connectivity index (χ0v) is 15.1. The van der Waals surface area contributed by atoms with Crippen LogP contribution < -0.4 is 5.32 Å². The first-order valence-electron chi connectivity index (χ1n) is 7.00. The number of benzene rings is 1. The van der Waals surface area contributed by atoms with Crippen LogP contribution in [-0.4, -0.2) is 19.7 Å². The highest BCUT2D eigenvalue weighted by Gasteiger charge is 2.37. The van der Waals surface area contributed by atoms with Crippen molar-refractivity contribution in [2.45, 2.75) is 23.4 Å². The van der Waals surface area contributed by atoms with Gasteiger partial charge in [0.05, 0.1) is 10.4 Å². The predicted molar refractivity (Wildman–Crippen MR) is 93.4 cm³/mol. The van der Waals surface area contributed by atoms with Crippen LogP contribution in [0.3, 0.4) is 0 Å². The summed E-state index contributed by atoms with van der Waals surface area (Å²) in [7, 11) is -3.03. The van der Waals surface area contributed by atoms with Crippen molar-refractivity contribution in [3.8, 4) is 0 Å². The number of alkyl halides is 3. The van der Waals surface area contributed by atoms with E-state index in [1.165, 1.54) is 41.9 Å². The molecule has 132 valence electrons. The van der Waals surface area contributed by atoms with Crippen LogP contribution in [0.2, 0.25) is 5.02 Å². The zero-order chi connectivity index (χ0) is 18.2. The summed E-state index contributed by atoms with van der Waals surface area (Å²) in [5.41, 5.74) is -4.05. The maximum absolute atomic E-state index is 12.5. The standard InChI is InChI=1S/C15H11ClF3N3OS2/c1-8(9-2-4-10(5-3-9)25(23)15(17,18)19)22-13-12-11(16)6-24-14(12)21-7-20-13/h2-8H,1H3,(H,20,21,22). The average Bonchev–Trinajstić information content (AvgIpc) is 2.96. The Hall–Kier alpha value is -1.71. The molecule has 0 aliphatic carbocycles. The van der Waals surface area contributed by atoms with Crippen molar-refractivity contribution in [3.05, 3.63) is 46.6 Å². The molecule has 2 heterocycles. The molecule has 10 heteroatoms. The van der Waals surface area contributed by atoms with Gasteiger partial charge >= 0.3 is 5.51 Å². The molecule has 0 amide bonds. The Bertz CT molecular complexity index is 928.